The van der Waals surface area contributed by atoms with E-state index in [-0.39, 0.29) is 14.9 Å². The minimum absolute atomic E-state index is 0. The maximum Gasteiger partial charge on any atom is -0.358 e. The Morgan fingerprint density at radius 2 is 1.40 bits per heavy atom. The average Bonchev–Trinajstić information content (AvgIpc) is 0.918. The molecule has 0 radical (unpaired) electrons. The van der Waals surface area contributed by atoms with Crippen LogP contribution in [0.3, 0.4) is 0 Å². The Balaban J connectivity index is -0.0000000200. The molecule has 0 aromatic heterocycles. The molecule has 0 N–H and O–H groups in total. The van der Waals surface area contributed by atoms with Crippen molar-refractivity contribution >= 4 is 4.90 Å². The maximum absolute atomic E-state index is 8.95. The second-order valence-electron chi connectivity index (χ2n) is 0.118. The third kappa shape index (κ3) is 189. The Morgan fingerprint density at radius 3 is 1.40 bits per heavy atom. The molecular weight excluding hydrogens is 148 g/mol. The summed E-state index contributed by atoms with van der Waals surface area (Å²) in [7, 11) is 0. The molecule has 0 bridgehead atoms. The second kappa shape index (κ2) is 26.6. The average molecular weight is 156 g/mol. The van der Waals surface area contributed by atoms with Crippen LogP contribution in [0.25, 0.3) is 0 Å². The van der Waals surface area contributed by atoms with E-state index < -0.39 is 18.1 Å². The minimum Gasteiger partial charge on any atom is -0.358 e. The van der Waals surface area contributed by atoms with Crippen LogP contribution >= 0.6 is 0 Å². The first kappa shape index (κ1) is 18.3. The van der Waals surface area contributed by atoms with Crippen LogP contribution in [0.4, 0.5) is 0 Å². The van der Waals surface area contributed by atoms with Crippen molar-refractivity contribution in [2.45, 2.75) is 0 Å². The van der Waals surface area contributed by atoms with Crippen molar-refractivity contribution in [2.24, 2.45) is 0 Å². The van der Waals surface area contributed by atoms with Crippen LogP contribution in [-0.4, -0.2) is 4.90 Å². The molecule has 32 valence electrons. The van der Waals surface area contributed by atoms with Gasteiger partial charge in [0.15, 0.2) is 0 Å². The maximum atomic E-state index is 8.95. The molecule has 0 heterocycles. The summed E-state index contributed by atoms with van der Waals surface area (Å²) in [6.07, 6.45) is 0. The molecule has 0 amide bonds. The van der Waals surface area contributed by atoms with Crippen LogP contribution < -0.4 is 0 Å². The van der Waals surface area contributed by atoms with Gasteiger partial charge in [0.2, 0.25) is 0 Å². The summed E-state index contributed by atoms with van der Waals surface area (Å²) in [4.78, 5) is 3.06. The van der Waals surface area contributed by atoms with E-state index in [0.29, 0.717) is 0 Å². The summed E-state index contributed by atoms with van der Waals surface area (Å²) in [6, 6.07) is 0. The molecule has 0 spiro atoms. The third-order valence-corrected chi connectivity index (χ3v) is 0. The fourth-order valence-corrected chi connectivity index (χ4v) is 0. The SMILES string of the molecule is [CH2]=[Mo+2]=[O].[CH3-].[CH3-]. The van der Waals surface area contributed by atoms with Gasteiger partial charge < -0.3 is 14.9 Å². The minimum atomic E-state index is -1.03. The smallest absolute Gasteiger partial charge is 0.358 e. The number of rotatable bonds is 0. The van der Waals surface area contributed by atoms with Crippen LogP contribution in [-0.2, 0) is 21.5 Å². The van der Waals surface area contributed by atoms with Crippen LogP contribution in [0, 0.1) is 14.9 Å². The Labute approximate surface area is 41.7 Å². The van der Waals surface area contributed by atoms with Gasteiger partial charge in [-0.1, -0.05) is 0 Å². The van der Waals surface area contributed by atoms with Crippen molar-refractivity contribution in [3.8, 4) is 0 Å². The zero-order valence-electron chi connectivity index (χ0n) is 3.52. The van der Waals surface area contributed by atoms with Crippen LogP contribution in [0.1, 0.15) is 0 Å². The fraction of sp³-hybridized carbons (Fsp3) is 0. The summed E-state index contributed by atoms with van der Waals surface area (Å²) >= 11 is -1.03. The molecule has 0 rings (SSSR count). The Hall–Kier alpha value is 0.358. The van der Waals surface area contributed by atoms with E-state index in [4.69, 9.17) is 3.40 Å². The van der Waals surface area contributed by atoms with E-state index in [1.54, 1.807) is 0 Å². The van der Waals surface area contributed by atoms with Crippen molar-refractivity contribution in [3.05, 3.63) is 14.9 Å². The molecule has 0 atom stereocenters. The van der Waals surface area contributed by atoms with Crippen molar-refractivity contribution in [1.29, 1.82) is 0 Å². The molecule has 0 unspecified atom stereocenters. The molecule has 5 heavy (non-hydrogen) atoms. The van der Waals surface area contributed by atoms with Crippen LogP contribution in [0.5, 0.6) is 0 Å². The van der Waals surface area contributed by atoms with Gasteiger partial charge in [0, 0.05) is 0 Å². The van der Waals surface area contributed by atoms with E-state index in [9.17, 15) is 0 Å². The molecule has 0 aliphatic carbocycles. The second-order valence-corrected chi connectivity index (χ2v) is 0.697. The topological polar surface area (TPSA) is 17.1 Å². The zero-order valence-corrected chi connectivity index (χ0v) is 5.53. The van der Waals surface area contributed by atoms with Crippen molar-refractivity contribution < 1.29 is 21.5 Å². The molecule has 0 fully saturated rings. The first-order valence-corrected chi connectivity index (χ1v) is 2.69. The summed E-state index contributed by atoms with van der Waals surface area (Å²) in [6.45, 7) is 0. The molecule has 0 saturated carbocycles. The first-order chi connectivity index (χ1) is 1.41. The van der Waals surface area contributed by atoms with Crippen molar-refractivity contribution in [3.63, 3.8) is 0 Å². The molecule has 0 aromatic carbocycles. The van der Waals surface area contributed by atoms with E-state index in [1.165, 1.54) is 0 Å². The summed E-state index contributed by atoms with van der Waals surface area (Å²) in [5, 5.41) is 0. The van der Waals surface area contributed by atoms with E-state index in [1.807, 2.05) is 0 Å². The summed E-state index contributed by atoms with van der Waals surface area (Å²) in [5.41, 5.74) is 0. The van der Waals surface area contributed by atoms with Gasteiger partial charge in [-0.05, 0) is 0 Å². The predicted octanol–water partition coefficient (Wildman–Crippen LogP) is 0.747. The normalized spacial score (nSPS) is 1.60. The van der Waals surface area contributed by atoms with Crippen molar-refractivity contribution in [1.82, 2.24) is 0 Å². The Morgan fingerprint density at radius 1 is 1.40 bits per heavy atom. The van der Waals surface area contributed by atoms with Crippen LogP contribution in [0.2, 0.25) is 0 Å². The molecule has 2 heteroatoms. The molecule has 0 aromatic rings. The van der Waals surface area contributed by atoms with Gasteiger partial charge in [0.1, 0.15) is 0 Å². The number of hydrogen-bond donors (Lipinski definition) is 0. The van der Waals surface area contributed by atoms with E-state index in [2.05, 4.69) is 4.90 Å². The summed E-state index contributed by atoms with van der Waals surface area (Å²) in [5.74, 6) is 0. The van der Waals surface area contributed by atoms with Crippen molar-refractivity contribution in [2.75, 3.05) is 0 Å². The van der Waals surface area contributed by atoms with Gasteiger partial charge in [-0.2, -0.15) is 0 Å². The predicted molar refractivity (Wildman–Crippen MR) is 20.6 cm³/mol. The monoisotopic (exact) mass is 158 g/mol. The Kier molecular flexibility index (Phi) is 97.5. The van der Waals surface area contributed by atoms with Gasteiger partial charge in [-0.25, -0.2) is 0 Å². The quantitative estimate of drug-likeness (QED) is 0.373. The molecule has 1 nitrogen and oxygen atoms in total. The van der Waals surface area contributed by atoms with Gasteiger partial charge in [-0.15, -0.1) is 0 Å². The molecule has 0 saturated heterocycles. The largest absolute Gasteiger partial charge is 0.358 e. The molecule has 0 aliphatic heterocycles. The van der Waals surface area contributed by atoms with Gasteiger partial charge in [0.05, 0.1) is 0 Å². The van der Waals surface area contributed by atoms with E-state index >= 15 is 0 Å². The fourth-order valence-electron chi connectivity index (χ4n) is 0. The molecule has 0 aliphatic rings. The van der Waals surface area contributed by atoms with Crippen LogP contribution in [0.15, 0.2) is 0 Å². The molecular formula is C3H8MoO. The first-order valence-electron chi connectivity index (χ1n) is 0.455. The van der Waals surface area contributed by atoms with E-state index in [0.717, 1.165) is 0 Å². The van der Waals surface area contributed by atoms with Gasteiger partial charge >= 0.3 is 26.4 Å². The zero-order chi connectivity index (χ0) is 2.71. The Bertz CT molecular complexity index is 27.9. The number of hydrogen-bond acceptors (Lipinski definition) is 1. The van der Waals surface area contributed by atoms with Gasteiger partial charge in [0.25, 0.3) is 0 Å². The summed E-state index contributed by atoms with van der Waals surface area (Å²) < 4.78 is 8.95. The third-order valence-electron chi connectivity index (χ3n) is 0. The van der Waals surface area contributed by atoms with Gasteiger partial charge in [-0.3, -0.25) is 0 Å². The standard InChI is InChI=1S/2CH3.CH2.Mo.O/h2*1H3;1H2;;/q2*-1;;+2;.